The van der Waals surface area contributed by atoms with Gasteiger partial charge in [0.25, 0.3) is 0 Å². The molecular formula is C10H9NOS. The van der Waals surface area contributed by atoms with Crippen molar-refractivity contribution in [3.05, 3.63) is 35.9 Å². The van der Waals surface area contributed by atoms with Crippen molar-refractivity contribution in [1.29, 1.82) is 0 Å². The summed E-state index contributed by atoms with van der Waals surface area (Å²) in [7, 11) is 0. The van der Waals surface area contributed by atoms with Gasteiger partial charge in [-0.2, -0.15) is 0 Å². The zero-order chi connectivity index (χ0) is 9.52. The van der Waals surface area contributed by atoms with Gasteiger partial charge in [0.1, 0.15) is 5.04 Å². The van der Waals surface area contributed by atoms with Crippen LogP contribution in [0.3, 0.4) is 0 Å². The van der Waals surface area contributed by atoms with Crippen molar-refractivity contribution < 1.29 is 5.21 Å². The fourth-order valence-corrected chi connectivity index (χ4v) is 1.44. The largest absolute Gasteiger partial charge is 0.410 e. The lowest BCUT2D eigenvalue weighted by Crippen LogP contribution is -1.95. The molecule has 0 radical (unpaired) electrons. The van der Waals surface area contributed by atoms with Gasteiger partial charge in [0.15, 0.2) is 0 Å². The van der Waals surface area contributed by atoms with E-state index in [0.717, 1.165) is 5.56 Å². The molecule has 0 fully saturated rings. The summed E-state index contributed by atoms with van der Waals surface area (Å²) in [4.78, 5) is 0. The standard InChI is InChI=1S/C10H9NOS/c1-2-8-13-10(11-12)9-6-4-3-5-7-9/h1,3-7,12H,8H2/b11-10-. The quantitative estimate of drug-likeness (QED) is 0.255. The van der Waals surface area contributed by atoms with Gasteiger partial charge in [-0.1, -0.05) is 53.2 Å². The minimum absolute atomic E-state index is 0.508. The predicted molar refractivity (Wildman–Crippen MR) is 56.1 cm³/mol. The van der Waals surface area contributed by atoms with Crippen LogP contribution < -0.4 is 0 Å². The molecule has 1 aromatic rings. The van der Waals surface area contributed by atoms with Gasteiger partial charge in [-0.25, -0.2) is 0 Å². The normalized spacial score (nSPS) is 10.8. The summed E-state index contributed by atoms with van der Waals surface area (Å²) in [5.41, 5.74) is 0.880. The molecule has 1 aromatic carbocycles. The van der Waals surface area contributed by atoms with E-state index in [1.807, 2.05) is 30.3 Å². The van der Waals surface area contributed by atoms with Crippen molar-refractivity contribution in [2.75, 3.05) is 5.75 Å². The molecule has 0 bridgehead atoms. The first-order valence-electron chi connectivity index (χ1n) is 3.72. The van der Waals surface area contributed by atoms with E-state index in [1.165, 1.54) is 11.8 Å². The van der Waals surface area contributed by atoms with Gasteiger partial charge in [-0.3, -0.25) is 0 Å². The first-order valence-corrected chi connectivity index (χ1v) is 4.70. The maximum Gasteiger partial charge on any atom is 0.143 e. The van der Waals surface area contributed by atoms with E-state index in [1.54, 1.807) is 0 Å². The van der Waals surface area contributed by atoms with Crippen LogP contribution >= 0.6 is 11.8 Å². The summed E-state index contributed by atoms with van der Waals surface area (Å²) in [5, 5.41) is 12.4. The highest BCUT2D eigenvalue weighted by atomic mass is 32.2. The summed E-state index contributed by atoms with van der Waals surface area (Å²) in [6.45, 7) is 0. The van der Waals surface area contributed by atoms with Crippen LogP contribution in [0.25, 0.3) is 0 Å². The van der Waals surface area contributed by atoms with Gasteiger partial charge < -0.3 is 5.21 Å². The molecule has 0 atom stereocenters. The fraction of sp³-hybridized carbons (Fsp3) is 0.100. The SMILES string of the molecule is C#CCS/C(=N\O)c1ccccc1. The van der Waals surface area contributed by atoms with Crippen LogP contribution in [-0.4, -0.2) is 16.0 Å². The molecule has 66 valence electrons. The van der Waals surface area contributed by atoms with Crippen molar-refractivity contribution in [3.63, 3.8) is 0 Å². The van der Waals surface area contributed by atoms with E-state index in [0.29, 0.717) is 10.8 Å². The zero-order valence-electron chi connectivity index (χ0n) is 6.97. The molecule has 13 heavy (non-hydrogen) atoms. The van der Waals surface area contributed by atoms with Gasteiger partial charge in [-0.15, -0.1) is 6.42 Å². The molecule has 0 aliphatic rings. The molecular weight excluding hydrogens is 182 g/mol. The molecule has 0 heterocycles. The molecule has 1 N–H and O–H groups in total. The third-order valence-corrected chi connectivity index (χ3v) is 2.31. The number of terminal acetylenes is 1. The molecule has 1 rings (SSSR count). The molecule has 0 aliphatic heterocycles. The van der Waals surface area contributed by atoms with Crippen molar-refractivity contribution in [2.45, 2.75) is 0 Å². The maximum absolute atomic E-state index is 8.70. The van der Waals surface area contributed by atoms with Crippen LogP contribution in [0.5, 0.6) is 0 Å². The lowest BCUT2D eigenvalue weighted by atomic mass is 10.2. The lowest BCUT2D eigenvalue weighted by Gasteiger charge is -2.00. The summed E-state index contributed by atoms with van der Waals surface area (Å²) in [6, 6.07) is 9.43. The minimum atomic E-state index is 0.508. The van der Waals surface area contributed by atoms with E-state index in [4.69, 9.17) is 11.6 Å². The first-order chi connectivity index (χ1) is 6.38. The Morgan fingerprint density at radius 2 is 2.15 bits per heavy atom. The van der Waals surface area contributed by atoms with Crippen molar-refractivity contribution in [1.82, 2.24) is 0 Å². The number of benzene rings is 1. The van der Waals surface area contributed by atoms with Gasteiger partial charge in [0.2, 0.25) is 0 Å². The first kappa shape index (κ1) is 9.69. The number of hydrogen-bond acceptors (Lipinski definition) is 3. The smallest absolute Gasteiger partial charge is 0.143 e. The highest BCUT2D eigenvalue weighted by molar-refractivity contribution is 8.14. The maximum atomic E-state index is 8.70. The highest BCUT2D eigenvalue weighted by Gasteiger charge is 2.02. The average molecular weight is 191 g/mol. The van der Waals surface area contributed by atoms with Gasteiger partial charge in [-0.05, 0) is 0 Å². The van der Waals surface area contributed by atoms with Crippen LogP contribution in [0, 0.1) is 12.3 Å². The third-order valence-electron chi connectivity index (χ3n) is 1.40. The molecule has 0 aromatic heterocycles. The summed E-state index contributed by atoms with van der Waals surface area (Å²) < 4.78 is 0. The molecule has 0 saturated heterocycles. The lowest BCUT2D eigenvalue weighted by molar-refractivity contribution is 0.321. The Balaban J connectivity index is 2.76. The number of thioether (sulfide) groups is 1. The Morgan fingerprint density at radius 3 is 2.69 bits per heavy atom. The van der Waals surface area contributed by atoms with Crippen LogP contribution in [0.4, 0.5) is 0 Å². The molecule has 0 spiro atoms. The van der Waals surface area contributed by atoms with Crippen molar-refractivity contribution >= 4 is 16.8 Å². The Hall–Kier alpha value is -1.40. The van der Waals surface area contributed by atoms with E-state index < -0.39 is 0 Å². The number of rotatable bonds is 2. The van der Waals surface area contributed by atoms with Crippen molar-refractivity contribution in [2.24, 2.45) is 5.16 Å². The predicted octanol–water partition coefficient (Wildman–Crippen LogP) is 2.19. The Morgan fingerprint density at radius 1 is 1.46 bits per heavy atom. The van der Waals surface area contributed by atoms with E-state index >= 15 is 0 Å². The van der Waals surface area contributed by atoms with E-state index in [9.17, 15) is 0 Å². The second-order valence-corrected chi connectivity index (χ2v) is 3.23. The van der Waals surface area contributed by atoms with E-state index in [2.05, 4.69) is 11.1 Å². The minimum Gasteiger partial charge on any atom is -0.410 e. The highest BCUT2D eigenvalue weighted by Crippen LogP contribution is 2.12. The van der Waals surface area contributed by atoms with Gasteiger partial charge in [0.05, 0.1) is 5.75 Å². The topological polar surface area (TPSA) is 32.6 Å². The van der Waals surface area contributed by atoms with Gasteiger partial charge in [0, 0.05) is 5.56 Å². The van der Waals surface area contributed by atoms with E-state index in [-0.39, 0.29) is 0 Å². The third kappa shape index (κ3) is 2.85. The second-order valence-electron chi connectivity index (χ2n) is 2.26. The average Bonchev–Trinajstić information content (AvgIpc) is 2.21. The Bertz CT molecular complexity index is 327. The number of hydrogen-bond donors (Lipinski definition) is 1. The van der Waals surface area contributed by atoms with Crippen LogP contribution in [0.15, 0.2) is 35.5 Å². The van der Waals surface area contributed by atoms with Crippen LogP contribution in [0.2, 0.25) is 0 Å². The monoisotopic (exact) mass is 191 g/mol. The Labute approximate surface area is 81.7 Å². The molecule has 2 nitrogen and oxygen atoms in total. The Kier molecular flexibility index (Phi) is 3.94. The molecule has 0 amide bonds. The molecule has 0 saturated carbocycles. The van der Waals surface area contributed by atoms with Crippen molar-refractivity contribution in [3.8, 4) is 12.3 Å². The summed E-state index contributed by atoms with van der Waals surface area (Å²) in [5.74, 6) is 2.98. The number of oxime groups is 1. The molecule has 0 unspecified atom stereocenters. The fourth-order valence-electron chi connectivity index (χ4n) is 0.861. The second kappa shape index (κ2) is 5.28. The van der Waals surface area contributed by atoms with Gasteiger partial charge >= 0.3 is 0 Å². The van der Waals surface area contributed by atoms with Crippen LogP contribution in [0.1, 0.15) is 5.56 Å². The summed E-state index contributed by atoms with van der Waals surface area (Å²) in [6.07, 6.45) is 5.10. The number of nitrogens with zero attached hydrogens (tertiary/aromatic N) is 1. The summed E-state index contributed by atoms with van der Waals surface area (Å²) >= 11 is 1.34. The zero-order valence-corrected chi connectivity index (χ0v) is 7.79. The molecule has 3 heteroatoms. The van der Waals surface area contributed by atoms with Crippen LogP contribution in [-0.2, 0) is 0 Å². The molecule has 0 aliphatic carbocycles.